The number of aliphatic hydroxyl groups is 2. The summed E-state index contributed by atoms with van der Waals surface area (Å²) in [6.07, 6.45) is 78.7. The van der Waals surface area contributed by atoms with Gasteiger partial charge in [0.15, 0.2) is 0 Å². The summed E-state index contributed by atoms with van der Waals surface area (Å²) < 4.78 is 0. The van der Waals surface area contributed by atoms with Crippen LogP contribution in [0.4, 0.5) is 0 Å². The van der Waals surface area contributed by atoms with E-state index < -0.39 is 12.1 Å². The lowest BCUT2D eigenvalue weighted by Crippen LogP contribution is -2.45. The molecule has 0 aliphatic heterocycles. The molecule has 0 aromatic carbocycles. The van der Waals surface area contributed by atoms with Crippen molar-refractivity contribution in [2.24, 2.45) is 0 Å². The van der Waals surface area contributed by atoms with E-state index in [0.29, 0.717) is 12.8 Å². The molecule has 2 atom stereocenters. The highest BCUT2D eigenvalue weighted by atomic mass is 16.3. The zero-order chi connectivity index (χ0) is 49.2. The van der Waals surface area contributed by atoms with Gasteiger partial charge >= 0.3 is 0 Å². The van der Waals surface area contributed by atoms with Crippen LogP contribution in [0.3, 0.4) is 0 Å². The second-order valence-corrected chi connectivity index (χ2v) is 22.6. The Morgan fingerprint density at radius 1 is 0.294 bits per heavy atom. The first-order valence-electron chi connectivity index (χ1n) is 32.2. The molecule has 0 aromatic rings. The Labute approximate surface area is 429 Å². The predicted molar refractivity (Wildman–Crippen MR) is 304 cm³/mol. The molecule has 0 heterocycles. The lowest BCUT2D eigenvalue weighted by Gasteiger charge is -2.22. The van der Waals surface area contributed by atoms with E-state index in [4.69, 9.17) is 0 Å². The molecular weight excluding hydrogens is 831 g/mol. The second kappa shape index (κ2) is 60.7. The Morgan fingerprint density at radius 3 is 0.662 bits per heavy atom. The van der Waals surface area contributed by atoms with Gasteiger partial charge < -0.3 is 15.5 Å². The number of amides is 1. The van der Waals surface area contributed by atoms with Gasteiger partial charge in [0.05, 0.1) is 18.8 Å². The van der Waals surface area contributed by atoms with Crippen molar-refractivity contribution in [3.63, 3.8) is 0 Å². The minimum Gasteiger partial charge on any atom is -0.394 e. The zero-order valence-corrected chi connectivity index (χ0v) is 47.2. The summed E-state index contributed by atoms with van der Waals surface area (Å²) in [5.74, 6) is -0.0219. The number of carbonyl (C=O) groups is 1. The Balaban J connectivity index is 3.30. The average Bonchev–Trinajstić information content (AvgIpc) is 3.34. The van der Waals surface area contributed by atoms with Crippen LogP contribution in [0.25, 0.3) is 0 Å². The van der Waals surface area contributed by atoms with E-state index in [0.717, 1.165) is 25.7 Å². The molecule has 0 saturated heterocycles. The topological polar surface area (TPSA) is 69.6 Å². The number of nitrogens with one attached hydrogen (secondary N) is 1. The molecule has 408 valence electrons. The first-order valence-corrected chi connectivity index (χ1v) is 32.2. The van der Waals surface area contributed by atoms with Gasteiger partial charge in [0.1, 0.15) is 0 Å². The van der Waals surface area contributed by atoms with E-state index >= 15 is 0 Å². The van der Waals surface area contributed by atoms with E-state index in [1.54, 1.807) is 0 Å². The van der Waals surface area contributed by atoms with Gasteiger partial charge in [-0.2, -0.15) is 0 Å². The van der Waals surface area contributed by atoms with Gasteiger partial charge in [0, 0.05) is 6.42 Å². The quantitative estimate of drug-likeness (QED) is 0.0532. The van der Waals surface area contributed by atoms with Crippen LogP contribution in [0.1, 0.15) is 386 Å². The standard InChI is InChI=1S/C64H129NO3/c1-3-5-7-9-11-13-15-17-19-20-21-22-23-24-25-26-27-28-29-30-31-32-33-34-35-36-37-38-39-40-41-42-43-44-46-48-50-52-54-56-58-60-64(68)65-62(61-66)63(67)59-57-55-53-51-49-47-45-18-16-14-12-10-8-6-4-2/h62-63,66-67H,3-61H2,1-2H3,(H,65,68). The number of rotatable bonds is 61. The van der Waals surface area contributed by atoms with Crippen molar-refractivity contribution >= 4 is 5.91 Å². The second-order valence-electron chi connectivity index (χ2n) is 22.6. The molecule has 0 aliphatic carbocycles. The molecular formula is C64H129NO3. The van der Waals surface area contributed by atoms with Crippen LogP contribution >= 0.6 is 0 Å². The first-order chi connectivity index (χ1) is 33.7. The lowest BCUT2D eigenvalue weighted by molar-refractivity contribution is -0.123. The zero-order valence-electron chi connectivity index (χ0n) is 47.2. The molecule has 3 N–H and O–H groups in total. The van der Waals surface area contributed by atoms with E-state index in [9.17, 15) is 15.0 Å². The summed E-state index contributed by atoms with van der Waals surface area (Å²) in [5, 5.41) is 23.3. The number of hydrogen-bond acceptors (Lipinski definition) is 3. The van der Waals surface area contributed by atoms with Crippen LogP contribution in [0.5, 0.6) is 0 Å². The molecule has 0 rings (SSSR count). The molecule has 2 unspecified atom stereocenters. The largest absolute Gasteiger partial charge is 0.394 e. The summed E-state index contributed by atoms with van der Waals surface area (Å²) in [4.78, 5) is 12.5. The molecule has 0 saturated carbocycles. The van der Waals surface area contributed by atoms with Gasteiger partial charge in [-0.3, -0.25) is 4.79 Å². The minimum absolute atomic E-state index is 0.0219. The fourth-order valence-corrected chi connectivity index (χ4v) is 10.7. The van der Waals surface area contributed by atoms with E-state index in [2.05, 4.69) is 19.2 Å². The van der Waals surface area contributed by atoms with Crippen molar-refractivity contribution in [1.29, 1.82) is 0 Å². The van der Waals surface area contributed by atoms with Crippen LogP contribution < -0.4 is 5.32 Å². The van der Waals surface area contributed by atoms with E-state index in [-0.39, 0.29) is 12.5 Å². The molecule has 4 heteroatoms. The molecule has 68 heavy (non-hydrogen) atoms. The van der Waals surface area contributed by atoms with Gasteiger partial charge in [-0.05, 0) is 12.8 Å². The highest BCUT2D eigenvalue weighted by Crippen LogP contribution is 2.19. The van der Waals surface area contributed by atoms with Crippen LogP contribution in [-0.2, 0) is 4.79 Å². The summed E-state index contributed by atoms with van der Waals surface area (Å²) >= 11 is 0. The van der Waals surface area contributed by atoms with Crippen molar-refractivity contribution in [2.75, 3.05) is 6.61 Å². The Kier molecular flexibility index (Phi) is 60.1. The van der Waals surface area contributed by atoms with Gasteiger partial charge in [-0.25, -0.2) is 0 Å². The smallest absolute Gasteiger partial charge is 0.220 e. The SMILES string of the molecule is CCCCCCCCCCCCCCCCCCCCCCCCCCCCCCCCCCCCCCCCCCCC(=O)NC(CO)C(O)CCCCCCCCCCCCCCCCC. The number of aliphatic hydroxyl groups excluding tert-OH is 2. The lowest BCUT2D eigenvalue weighted by atomic mass is 10.0. The van der Waals surface area contributed by atoms with Crippen LogP contribution in [0.2, 0.25) is 0 Å². The van der Waals surface area contributed by atoms with Crippen molar-refractivity contribution in [1.82, 2.24) is 5.32 Å². The highest BCUT2D eigenvalue weighted by molar-refractivity contribution is 5.76. The third kappa shape index (κ3) is 56.3. The molecule has 4 nitrogen and oxygen atoms in total. The van der Waals surface area contributed by atoms with Crippen LogP contribution in [0.15, 0.2) is 0 Å². The molecule has 0 radical (unpaired) electrons. The van der Waals surface area contributed by atoms with Crippen LogP contribution in [-0.4, -0.2) is 34.9 Å². The fraction of sp³-hybridized carbons (Fsp3) is 0.984. The van der Waals surface area contributed by atoms with Gasteiger partial charge in [0.25, 0.3) is 0 Å². The maximum absolute atomic E-state index is 12.5. The van der Waals surface area contributed by atoms with Gasteiger partial charge in [0.2, 0.25) is 5.91 Å². The molecule has 0 fully saturated rings. The van der Waals surface area contributed by atoms with Crippen molar-refractivity contribution in [3.05, 3.63) is 0 Å². The third-order valence-electron chi connectivity index (χ3n) is 15.6. The number of hydrogen-bond donors (Lipinski definition) is 3. The van der Waals surface area contributed by atoms with Gasteiger partial charge in [-0.15, -0.1) is 0 Å². The predicted octanol–water partition coefficient (Wildman–Crippen LogP) is 21.5. The summed E-state index contributed by atoms with van der Waals surface area (Å²) in [7, 11) is 0. The molecule has 0 spiro atoms. The Bertz CT molecular complexity index is 910. The number of unbranched alkanes of at least 4 members (excludes halogenated alkanes) is 54. The molecule has 0 bridgehead atoms. The molecule has 0 aromatic heterocycles. The monoisotopic (exact) mass is 960 g/mol. The highest BCUT2D eigenvalue weighted by Gasteiger charge is 2.20. The maximum atomic E-state index is 12.5. The normalized spacial score (nSPS) is 12.6. The average molecular weight is 961 g/mol. The number of carbonyl (C=O) groups excluding carboxylic acids is 1. The molecule has 0 aliphatic rings. The Morgan fingerprint density at radius 2 is 0.471 bits per heavy atom. The summed E-state index contributed by atoms with van der Waals surface area (Å²) in [5.41, 5.74) is 0. The molecule has 1 amide bonds. The van der Waals surface area contributed by atoms with Crippen LogP contribution in [0, 0.1) is 0 Å². The summed E-state index contributed by atoms with van der Waals surface area (Å²) in [6, 6.07) is -0.531. The maximum Gasteiger partial charge on any atom is 0.220 e. The van der Waals surface area contributed by atoms with E-state index in [1.165, 1.54) is 334 Å². The first kappa shape index (κ1) is 67.4. The minimum atomic E-state index is -0.654. The van der Waals surface area contributed by atoms with Crippen molar-refractivity contribution < 1.29 is 15.0 Å². The van der Waals surface area contributed by atoms with Crippen molar-refractivity contribution in [3.8, 4) is 0 Å². The summed E-state index contributed by atoms with van der Waals surface area (Å²) in [6.45, 7) is 4.40. The fourth-order valence-electron chi connectivity index (χ4n) is 10.7. The Hall–Kier alpha value is -0.610. The van der Waals surface area contributed by atoms with Gasteiger partial charge in [-0.1, -0.05) is 367 Å². The third-order valence-corrected chi connectivity index (χ3v) is 15.6. The van der Waals surface area contributed by atoms with E-state index in [1.807, 2.05) is 0 Å². The van der Waals surface area contributed by atoms with Crippen molar-refractivity contribution in [2.45, 2.75) is 398 Å².